The number of nitrogens with two attached hydrogens (primary N) is 1. The molecule has 2 heterocycles. The van der Waals surface area contributed by atoms with Gasteiger partial charge in [-0.25, -0.2) is 9.78 Å². The van der Waals surface area contributed by atoms with Gasteiger partial charge < -0.3 is 14.9 Å². The topological polar surface area (TPSA) is 69.6 Å². The zero-order chi connectivity index (χ0) is 14.0. The minimum Gasteiger partial charge on any atom is -0.464 e. The minimum atomic E-state index is -0.416. The molecule has 0 amide bonds. The molecule has 0 spiro atoms. The van der Waals surface area contributed by atoms with Crippen LogP contribution in [0.15, 0.2) is 24.4 Å². The summed E-state index contributed by atoms with van der Waals surface area (Å²) in [7, 11) is 1.36. The fourth-order valence-corrected chi connectivity index (χ4v) is 1.97. The molecule has 2 aromatic heterocycles. The Morgan fingerprint density at radius 2 is 2.21 bits per heavy atom. The van der Waals surface area contributed by atoms with Gasteiger partial charge in [0, 0.05) is 12.6 Å². The first kappa shape index (κ1) is 13.5. The van der Waals surface area contributed by atoms with Crippen LogP contribution in [0.25, 0.3) is 5.52 Å². The molecule has 5 heteroatoms. The molecule has 0 unspecified atom stereocenters. The Bertz CT molecular complexity index is 602. The number of rotatable bonds is 4. The van der Waals surface area contributed by atoms with Crippen LogP contribution >= 0.6 is 0 Å². The van der Waals surface area contributed by atoms with Crippen molar-refractivity contribution in [1.29, 1.82) is 0 Å². The highest BCUT2D eigenvalue weighted by Gasteiger charge is 2.23. The molecule has 0 aromatic carbocycles. The number of esters is 1. The van der Waals surface area contributed by atoms with Crippen molar-refractivity contribution >= 4 is 11.5 Å². The molecular formula is C14H19N3O2. The van der Waals surface area contributed by atoms with Crippen LogP contribution in [0.5, 0.6) is 0 Å². The second kappa shape index (κ2) is 5.01. The first-order chi connectivity index (χ1) is 8.98. The molecule has 0 aliphatic rings. The third-order valence-corrected chi connectivity index (χ3v) is 3.19. The molecular weight excluding hydrogens is 242 g/mol. The molecule has 19 heavy (non-hydrogen) atoms. The maximum atomic E-state index is 11.8. The molecule has 0 fully saturated rings. The first-order valence-electron chi connectivity index (χ1n) is 6.23. The van der Waals surface area contributed by atoms with Crippen LogP contribution in [0.2, 0.25) is 0 Å². The summed E-state index contributed by atoms with van der Waals surface area (Å²) in [6.07, 6.45) is 2.60. The molecule has 0 saturated heterocycles. The summed E-state index contributed by atoms with van der Waals surface area (Å²) in [5, 5.41) is 0. The molecule has 0 radical (unpaired) electrons. The highest BCUT2D eigenvalue weighted by molar-refractivity contribution is 5.95. The number of hydrogen-bond acceptors (Lipinski definition) is 4. The van der Waals surface area contributed by atoms with E-state index in [0.717, 1.165) is 11.3 Å². The van der Waals surface area contributed by atoms with E-state index in [2.05, 4.69) is 18.8 Å². The quantitative estimate of drug-likeness (QED) is 0.850. The molecule has 2 N–H and O–H groups in total. The number of fused-ring (bicyclic) bond motifs is 1. The van der Waals surface area contributed by atoms with E-state index in [1.165, 1.54) is 7.11 Å². The van der Waals surface area contributed by atoms with Crippen LogP contribution in [0.3, 0.4) is 0 Å². The molecule has 2 rings (SSSR count). The van der Waals surface area contributed by atoms with Crippen LogP contribution in [0.4, 0.5) is 0 Å². The maximum absolute atomic E-state index is 11.8. The molecule has 0 bridgehead atoms. The van der Waals surface area contributed by atoms with Gasteiger partial charge in [-0.05, 0) is 24.1 Å². The Kier molecular flexibility index (Phi) is 3.57. The van der Waals surface area contributed by atoms with E-state index in [4.69, 9.17) is 10.5 Å². The number of pyridine rings is 1. The number of ether oxygens (including phenoxy) is 1. The Balaban J connectivity index is 2.53. The highest BCUT2D eigenvalue weighted by atomic mass is 16.5. The smallest absolute Gasteiger partial charge is 0.358 e. The van der Waals surface area contributed by atoms with Crippen molar-refractivity contribution in [3.63, 3.8) is 0 Å². The lowest BCUT2D eigenvalue weighted by molar-refractivity contribution is 0.0596. The van der Waals surface area contributed by atoms with Gasteiger partial charge in [-0.15, -0.1) is 0 Å². The van der Waals surface area contributed by atoms with Crippen molar-refractivity contribution < 1.29 is 9.53 Å². The number of imidazole rings is 1. The van der Waals surface area contributed by atoms with Gasteiger partial charge in [0.15, 0.2) is 5.69 Å². The lowest BCUT2D eigenvalue weighted by Crippen LogP contribution is -2.26. The molecule has 0 atom stereocenters. The van der Waals surface area contributed by atoms with Gasteiger partial charge in [-0.1, -0.05) is 19.9 Å². The monoisotopic (exact) mass is 261 g/mol. The molecule has 0 aliphatic carbocycles. The predicted octanol–water partition coefficient (Wildman–Crippen LogP) is 1.65. The van der Waals surface area contributed by atoms with Gasteiger partial charge in [-0.2, -0.15) is 0 Å². The number of carbonyl (C=O) groups excluding carboxylic acids is 1. The third kappa shape index (κ3) is 2.61. The van der Waals surface area contributed by atoms with Crippen LogP contribution in [-0.2, 0) is 11.2 Å². The largest absolute Gasteiger partial charge is 0.464 e. The summed E-state index contributed by atoms with van der Waals surface area (Å²) in [5.74, 6) is 0.409. The summed E-state index contributed by atoms with van der Waals surface area (Å²) >= 11 is 0. The van der Waals surface area contributed by atoms with Gasteiger partial charge in [0.2, 0.25) is 0 Å². The number of methoxy groups -OCH3 is 1. The maximum Gasteiger partial charge on any atom is 0.358 e. The Morgan fingerprint density at radius 1 is 1.47 bits per heavy atom. The summed E-state index contributed by atoms with van der Waals surface area (Å²) in [6, 6.07) is 5.65. The van der Waals surface area contributed by atoms with Gasteiger partial charge in [-0.3, -0.25) is 0 Å². The van der Waals surface area contributed by atoms with Gasteiger partial charge in [0.05, 0.1) is 12.6 Å². The fourth-order valence-electron chi connectivity index (χ4n) is 1.97. The molecule has 2 aromatic rings. The fraction of sp³-hybridized carbons (Fsp3) is 0.429. The van der Waals surface area contributed by atoms with E-state index in [0.29, 0.717) is 18.7 Å². The van der Waals surface area contributed by atoms with Crippen molar-refractivity contribution in [2.45, 2.75) is 20.3 Å². The van der Waals surface area contributed by atoms with Crippen molar-refractivity contribution in [1.82, 2.24) is 9.38 Å². The van der Waals surface area contributed by atoms with Crippen LogP contribution < -0.4 is 5.73 Å². The van der Waals surface area contributed by atoms with Crippen LogP contribution in [0, 0.1) is 5.41 Å². The first-order valence-corrected chi connectivity index (χ1v) is 6.23. The average Bonchev–Trinajstić information content (AvgIpc) is 2.77. The molecule has 5 nitrogen and oxygen atoms in total. The SMILES string of the molecule is COC(=O)c1nc(CC(C)(C)CN)n2ccccc12. The zero-order valence-electron chi connectivity index (χ0n) is 11.5. The number of hydrogen-bond donors (Lipinski definition) is 1. The van der Waals surface area contributed by atoms with Gasteiger partial charge >= 0.3 is 5.97 Å². The second-order valence-corrected chi connectivity index (χ2v) is 5.37. The standard InChI is InChI=1S/C14H19N3O2/c1-14(2,9-15)8-11-16-12(13(18)19-3)10-6-4-5-7-17(10)11/h4-7H,8-9,15H2,1-3H3. The van der Waals surface area contributed by atoms with Gasteiger partial charge in [0.1, 0.15) is 5.82 Å². The van der Waals surface area contributed by atoms with Crippen LogP contribution in [0.1, 0.15) is 30.2 Å². The zero-order valence-corrected chi connectivity index (χ0v) is 11.5. The number of aromatic nitrogens is 2. The van der Waals surface area contributed by atoms with E-state index in [9.17, 15) is 4.79 Å². The van der Waals surface area contributed by atoms with E-state index >= 15 is 0 Å². The molecule has 102 valence electrons. The molecule has 0 aliphatic heterocycles. The van der Waals surface area contributed by atoms with E-state index in [-0.39, 0.29) is 5.41 Å². The second-order valence-electron chi connectivity index (χ2n) is 5.37. The third-order valence-electron chi connectivity index (χ3n) is 3.19. The summed E-state index contributed by atoms with van der Waals surface area (Å²) in [4.78, 5) is 16.2. The predicted molar refractivity (Wildman–Crippen MR) is 73.1 cm³/mol. The Hall–Kier alpha value is -1.88. The number of carbonyl (C=O) groups is 1. The van der Waals surface area contributed by atoms with Crippen molar-refractivity contribution in [2.75, 3.05) is 13.7 Å². The average molecular weight is 261 g/mol. The normalized spacial score (nSPS) is 11.8. The van der Waals surface area contributed by atoms with E-state index in [1.54, 1.807) is 0 Å². The Morgan fingerprint density at radius 3 is 2.84 bits per heavy atom. The number of nitrogens with zero attached hydrogens (tertiary/aromatic N) is 2. The van der Waals surface area contributed by atoms with E-state index in [1.807, 2.05) is 28.8 Å². The lowest BCUT2D eigenvalue weighted by Gasteiger charge is -2.21. The van der Waals surface area contributed by atoms with Crippen molar-refractivity contribution in [2.24, 2.45) is 11.1 Å². The van der Waals surface area contributed by atoms with Crippen LogP contribution in [-0.4, -0.2) is 29.0 Å². The molecule has 0 saturated carbocycles. The highest BCUT2D eigenvalue weighted by Crippen LogP contribution is 2.22. The summed E-state index contributed by atoms with van der Waals surface area (Å²) in [6.45, 7) is 4.71. The van der Waals surface area contributed by atoms with E-state index < -0.39 is 5.97 Å². The summed E-state index contributed by atoms with van der Waals surface area (Å²) < 4.78 is 6.69. The summed E-state index contributed by atoms with van der Waals surface area (Å²) in [5.41, 5.74) is 6.81. The Labute approximate surface area is 112 Å². The minimum absolute atomic E-state index is 0.0650. The van der Waals surface area contributed by atoms with Crippen molar-refractivity contribution in [3.8, 4) is 0 Å². The lowest BCUT2D eigenvalue weighted by atomic mass is 9.89. The van der Waals surface area contributed by atoms with Gasteiger partial charge in [0.25, 0.3) is 0 Å². The van der Waals surface area contributed by atoms with Crippen molar-refractivity contribution in [3.05, 3.63) is 35.9 Å².